The van der Waals surface area contributed by atoms with Crippen LogP contribution in [0.1, 0.15) is 43.9 Å². The second-order valence-electron chi connectivity index (χ2n) is 7.29. The zero-order chi connectivity index (χ0) is 19.9. The molecule has 2 aromatic heterocycles. The Morgan fingerprint density at radius 2 is 2.14 bits per heavy atom. The third-order valence-electron chi connectivity index (χ3n) is 4.80. The summed E-state index contributed by atoms with van der Waals surface area (Å²) in [5, 5.41) is 13.0. The SMILES string of the molecule is CC(C)NC(=O)OC1CC(c2cc(Nc3nccc4c3CNS4(=O)=O)n[nH]2)C1. The molecule has 1 saturated carbocycles. The number of carbonyl (C=O) groups is 1. The average Bonchev–Trinajstić information content (AvgIpc) is 3.15. The normalized spacial score (nSPS) is 22.4. The van der Waals surface area contributed by atoms with Crippen LogP contribution in [-0.4, -0.2) is 41.8 Å². The Morgan fingerprint density at radius 3 is 2.89 bits per heavy atom. The van der Waals surface area contributed by atoms with Gasteiger partial charge in [0.1, 0.15) is 11.9 Å². The van der Waals surface area contributed by atoms with Crippen LogP contribution in [0.2, 0.25) is 0 Å². The molecule has 4 N–H and O–H groups in total. The molecule has 4 rings (SSSR count). The van der Waals surface area contributed by atoms with Crippen LogP contribution in [0.3, 0.4) is 0 Å². The van der Waals surface area contributed by atoms with E-state index in [2.05, 4.69) is 30.5 Å². The predicted octanol–water partition coefficient (Wildman–Crippen LogP) is 1.72. The van der Waals surface area contributed by atoms with Crippen molar-refractivity contribution in [1.82, 2.24) is 25.2 Å². The number of alkyl carbamates (subject to hydrolysis) is 1. The zero-order valence-corrected chi connectivity index (χ0v) is 16.3. The molecule has 10 nitrogen and oxygen atoms in total. The number of hydrogen-bond acceptors (Lipinski definition) is 7. The minimum absolute atomic E-state index is 0.0443. The number of nitrogens with zero attached hydrogens (tertiary/aromatic N) is 2. The summed E-state index contributed by atoms with van der Waals surface area (Å²) in [6, 6.07) is 3.39. The highest BCUT2D eigenvalue weighted by molar-refractivity contribution is 7.89. The number of carbonyl (C=O) groups excluding carboxylic acids is 1. The molecule has 0 radical (unpaired) electrons. The first-order valence-corrected chi connectivity index (χ1v) is 10.6. The number of nitrogens with one attached hydrogen (secondary N) is 4. The molecule has 0 atom stereocenters. The summed E-state index contributed by atoms with van der Waals surface area (Å²) in [4.78, 5) is 16.1. The van der Waals surface area contributed by atoms with Gasteiger partial charge < -0.3 is 15.4 Å². The number of hydrogen-bond donors (Lipinski definition) is 4. The van der Waals surface area contributed by atoms with Gasteiger partial charge in [0.25, 0.3) is 0 Å². The van der Waals surface area contributed by atoms with Gasteiger partial charge in [-0.25, -0.2) is 22.9 Å². The molecule has 0 bridgehead atoms. The minimum Gasteiger partial charge on any atom is -0.446 e. The third-order valence-corrected chi connectivity index (χ3v) is 6.29. The topological polar surface area (TPSA) is 138 Å². The molecule has 0 unspecified atom stereocenters. The van der Waals surface area contributed by atoms with Gasteiger partial charge in [-0.3, -0.25) is 5.10 Å². The zero-order valence-electron chi connectivity index (χ0n) is 15.5. The fraction of sp³-hybridized carbons (Fsp3) is 0.471. The Labute approximate surface area is 162 Å². The number of aromatic amines is 1. The Morgan fingerprint density at radius 1 is 1.36 bits per heavy atom. The molecule has 0 spiro atoms. The fourth-order valence-electron chi connectivity index (χ4n) is 3.32. The van der Waals surface area contributed by atoms with Gasteiger partial charge in [0.05, 0.1) is 4.90 Å². The summed E-state index contributed by atoms with van der Waals surface area (Å²) < 4.78 is 31.7. The van der Waals surface area contributed by atoms with E-state index in [1.54, 1.807) is 0 Å². The number of anilines is 2. The van der Waals surface area contributed by atoms with Crippen molar-refractivity contribution in [1.29, 1.82) is 0 Å². The van der Waals surface area contributed by atoms with Crippen LogP contribution in [0.4, 0.5) is 16.4 Å². The van der Waals surface area contributed by atoms with Crippen LogP contribution in [0.25, 0.3) is 0 Å². The molecule has 1 aliphatic carbocycles. The van der Waals surface area contributed by atoms with Crippen LogP contribution in [0, 0.1) is 0 Å². The number of fused-ring (bicyclic) bond motifs is 1. The van der Waals surface area contributed by atoms with Crippen LogP contribution >= 0.6 is 0 Å². The standard InChI is InChI=1S/C17H22N6O4S/c1-9(2)20-17(24)27-11-5-10(6-11)13-7-15(23-22-13)21-16-12-8-19-28(25,26)14(12)3-4-18-16/h3-4,7,9-11,19H,5-6,8H2,1-2H3,(H,20,24)(H2,18,21,22,23). The van der Waals surface area contributed by atoms with Gasteiger partial charge in [-0.15, -0.1) is 0 Å². The maximum atomic E-state index is 11.9. The molecular formula is C17H22N6O4S. The average molecular weight is 406 g/mol. The predicted molar refractivity (Wildman–Crippen MR) is 101 cm³/mol. The number of amides is 1. The van der Waals surface area contributed by atoms with Gasteiger partial charge in [-0.2, -0.15) is 5.10 Å². The number of sulfonamides is 1. The van der Waals surface area contributed by atoms with Gasteiger partial charge in [-0.05, 0) is 32.8 Å². The second-order valence-corrected chi connectivity index (χ2v) is 9.02. The van der Waals surface area contributed by atoms with Gasteiger partial charge in [0, 0.05) is 42.0 Å². The molecule has 0 aromatic carbocycles. The lowest BCUT2D eigenvalue weighted by Gasteiger charge is -2.33. The largest absolute Gasteiger partial charge is 0.446 e. The molecule has 0 saturated heterocycles. The smallest absolute Gasteiger partial charge is 0.407 e. The summed E-state index contributed by atoms with van der Waals surface area (Å²) in [5.41, 5.74) is 1.53. The van der Waals surface area contributed by atoms with Gasteiger partial charge >= 0.3 is 6.09 Å². The van der Waals surface area contributed by atoms with Gasteiger partial charge in [0.15, 0.2) is 5.82 Å². The van der Waals surface area contributed by atoms with Crippen LogP contribution in [0.5, 0.6) is 0 Å². The van der Waals surface area contributed by atoms with Gasteiger partial charge in [0.2, 0.25) is 10.0 Å². The molecule has 3 heterocycles. The van der Waals surface area contributed by atoms with Crippen LogP contribution in [0.15, 0.2) is 23.2 Å². The van der Waals surface area contributed by atoms with Crippen molar-refractivity contribution in [3.05, 3.63) is 29.6 Å². The summed E-state index contributed by atoms with van der Waals surface area (Å²) in [6.07, 6.45) is 2.43. The molecule has 2 aliphatic rings. The first-order valence-electron chi connectivity index (χ1n) is 9.09. The number of pyridine rings is 1. The molecule has 11 heteroatoms. The van der Waals surface area contributed by atoms with Crippen molar-refractivity contribution in [3.8, 4) is 0 Å². The van der Waals surface area contributed by atoms with E-state index in [-0.39, 0.29) is 29.5 Å². The molecule has 1 amide bonds. The van der Waals surface area contributed by atoms with Crippen LogP contribution < -0.4 is 15.4 Å². The second kappa shape index (κ2) is 7.06. The Balaban J connectivity index is 1.37. The third kappa shape index (κ3) is 3.67. The van der Waals surface area contributed by atoms with E-state index in [0.717, 1.165) is 18.5 Å². The number of ether oxygens (including phenoxy) is 1. The quantitative estimate of drug-likeness (QED) is 0.593. The maximum absolute atomic E-state index is 11.9. The fourth-order valence-corrected chi connectivity index (χ4v) is 4.54. The van der Waals surface area contributed by atoms with E-state index in [0.29, 0.717) is 17.2 Å². The van der Waals surface area contributed by atoms with E-state index in [4.69, 9.17) is 4.74 Å². The lowest BCUT2D eigenvalue weighted by atomic mass is 9.80. The summed E-state index contributed by atoms with van der Waals surface area (Å²) in [5.74, 6) is 1.25. The first-order chi connectivity index (χ1) is 13.3. The van der Waals surface area contributed by atoms with E-state index in [1.165, 1.54) is 12.3 Å². The molecular weight excluding hydrogens is 384 g/mol. The molecule has 150 valence electrons. The van der Waals surface area contributed by atoms with Crippen molar-refractivity contribution >= 4 is 27.8 Å². The summed E-state index contributed by atoms with van der Waals surface area (Å²) in [7, 11) is -3.45. The van der Waals surface area contributed by atoms with Crippen molar-refractivity contribution in [2.75, 3.05) is 5.32 Å². The van der Waals surface area contributed by atoms with E-state index >= 15 is 0 Å². The number of aromatic nitrogens is 3. The van der Waals surface area contributed by atoms with E-state index < -0.39 is 16.1 Å². The summed E-state index contributed by atoms with van der Waals surface area (Å²) in [6.45, 7) is 3.96. The van der Waals surface area contributed by atoms with Crippen molar-refractivity contribution < 1.29 is 17.9 Å². The van der Waals surface area contributed by atoms with Crippen molar-refractivity contribution in [2.45, 2.75) is 56.2 Å². The number of rotatable bonds is 5. The lowest BCUT2D eigenvalue weighted by molar-refractivity contribution is 0.0374. The molecule has 1 aliphatic heterocycles. The minimum atomic E-state index is -3.45. The number of H-pyrrole nitrogens is 1. The maximum Gasteiger partial charge on any atom is 0.407 e. The van der Waals surface area contributed by atoms with Gasteiger partial charge in [-0.1, -0.05) is 0 Å². The van der Waals surface area contributed by atoms with Crippen molar-refractivity contribution in [3.63, 3.8) is 0 Å². The Hall–Kier alpha value is -2.66. The lowest BCUT2D eigenvalue weighted by Crippen LogP contribution is -2.38. The highest BCUT2D eigenvalue weighted by atomic mass is 32.2. The summed E-state index contributed by atoms with van der Waals surface area (Å²) >= 11 is 0. The highest BCUT2D eigenvalue weighted by Crippen LogP contribution is 2.39. The monoisotopic (exact) mass is 406 g/mol. The van der Waals surface area contributed by atoms with E-state index in [9.17, 15) is 13.2 Å². The van der Waals surface area contributed by atoms with E-state index in [1.807, 2.05) is 19.9 Å². The Kier molecular flexibility index (Phi) is 4.71. The van der Waals surface area contributed by atoms with Crippen LogP contribution in [-0.2, 0) is 21.3 Å². The molecule has 28 heavy (non-hydrogen) atoms. The van der Waals surface area contributed by atoms with Crippen molar-refractivity contribution in [2.24, 2.45) is 0 Å². The highest BCUT2D eigenvalue weighted by Gasteiger charge is 2.35. The first kappa shape index (κ1) is 18.7. The molecule has 2 aromatic rings. The Bertz CT molecular complexity index is 997. The molecule has 1 fully saturated rings.